The van der Waals surface area contributed by atoms with Crippen LogP contribution in [0.2, 0.25) is 5.02 Å². The first-order chi connectivity index (χ1) is 11.8. The minimum Gasteiger partial charge on any atom is -0.326 e. The van der Waals surface area contributed by atoms with Crippen LogP contribution in [0.4, 0.5) is 5.69 Å². The van der Waals surface area contributed by atoms with Crippen LogP contribution in [0.1, 0.15) is 23.7 Å². The molecule has 8 heteroatoms. The SMILES string of the molecule is CC(=O)c1cccc(S(=O)(=O)NCCC(=O)Nc2cccc(Cl)c2)c1. The summed E-state index contributed by atoms with van der Waals surface area (Å²) in [6, 6.07) is 12.4. The van der Waals surface area contributed by atoms with E-state index in [4.69, 9.17) is 11.6 Å². The monoisotopic (exact) mass is 380 g/mol. The predicted octanol–water partition coefficient (Wildman–Crippen LogP) is 2.85. The van der Waals surface area contributed by atoms with Crippen LogP contribution in [-0.2, 0) is 14.8 Å². The molecule has 0 saturated heterocycles. The number of hydrogen-bond donors (Lipinski definition) is 2. The topological polar surface area (TPSA) is 92.3 Å². The zero-order chi connectivity index (χ0) is 18.4. The lowest BCUT2D eigenvalue weighted by Crippen LogP contribution is -2.28. The lowest BCUT2D eigenvalue weighted by atomic mass is 10.2. The van der Waals surface area contributed by atoms with E-state index in [1.807, 2.05) is 0 Å². The molecular formula is C17H17ClN2O4S. The molecule has 0 atom stereocenters. The molecule has 0 radical (unpaired) electrons. The minimum atomic E-state index is -3.79. The van der Waals surface area contributed by atoms with Crippen LogP contribution in [0.3, 0.4) is 0 Å². The molecule has 0 aliphatic carbocycles. The van der Waals surface area contributed by atoms with Gasteiger partial charge in [0.25, 0.3) is 0 Å². The average molecular weight is 381 g/mol. The third kappa shape index (κ3) is 5.67. The highest BCUT2D eigenvalue weighted by molar-refractivity contribution is 7.89. The maximum atomic E-state index is 12.2. The van der Waals surface area contributed by atoms with Crippen LogP contribution < -0.4 is 10.0 Å². The maximum Gasteiger partial charge on any atom is 0.240 e. The minimum absolute atomic E-state index is 0.0181. The Morgan fingerprint density at radius 2 is 1.80 bits per heavy atom. The molecule has 0 aliphatic rings. The zero-order valence-electron chi connectivity index (χ0n) is 13.5. The Morgan fingerprint density at radius 3 is 2.48 bits per heavy atom. The van der Waals surface area contributed by atoms with Crippen molar-refractivity contribution in [1.82, 2.24) is 4.72 Å². The molecule has 0 heterocycles. The summed E-state index contributed by atoms with van der Waals surface area (Å²) in [5.74, 6) is -0.569. The lowest BCUT2D eigenvalue weighted by molar-refractivity contribution is -0.116. The van der Waals surface area contributed by atoms with Crippen molar-refractivity contribution in [3.63, 3.8) is 0 Å². The Hall–Kier alpha value is -2.22. The van der Waals surface area contributed by atoms with Gasteiger partial charge in [-0.25, -0.2) is 13.1 Å². The molecule has 0 aromatic heterocycles. The third-order valence-electron chi connectivity index (χ3n) is 3.30. The molecule has 6 nitrogen and oxygen atoms in total. The summed E-state index contributed by atoms with van der Waals surface area (Å²) < 4.78 is 26.8. The number of nitrogens with one attached hydrogen (secondary N) is 2. The highest BCUT2D eigenvalue weighted by Gasteiger charge is 2.15. The summed E-state index contributed by atoms with van der Waals surface area (Å²) >= 11 is 5.83. The van der Waals surface area contributed by atoms with Crippen LogP contribution in [0.25, 0.3) is 0 Å². The number of amides is 1. The molecule has 0 saturated carbocycles. The molecule has 1 amide bonds. The first kappa shape index (κ1) is 19.1. The second-order valence-electron chi connectivity index (χ2n) is 5.29. The van der Waals surface area contributed by atoms with Gasteiger partial charge in [0.1, 0.15) is 0 Å². The summed E-state index contributed by atoms with van der Waals surface area (Å²) in [4.78, 5) is 23.2. The molecule has 0 spiro atoms. The summed E-state index contributed by atoms with van der Waals surface area (Å²) in [6.45, 7) is 1.29. The smallest absolute Gasteiger partial charge is 0.240 e. The quantitative estimate of drug-likeness (QED) is 0.722. The number of benzene rings is 2. The van der Waals surface area contributed by atoms with E-state index < -0.39 is 10.0 Å². The first-order valence-electron chi connectivity index (χ1n) is 7.44. The van der Waals surface area contributed by atoms with Gasteiger partial charge in [-0.3, -0.25) is 9.59 Å². The zero-order valence-corrected chi connectivity index (χ0v) is 15.0. The van der Waals surface area contributed by atoms with Crippen molar-refractivity contribution in [2.24, 2.45) is 0 Å². The molecule has 132 valence electrons. The van der Waals surface area contributed by atoms with E-state index in [-0.39, 0.29) is 29.6 Å². The number of ketones is 1. The number of carbonyl (C=O) groups excluding carboxylic acids is 2. The Bertz CT molecular complexity index is 897. The van der Waals surface area contributed by atoms with E-state index in [2.05, 4.69) is 10.0 Å². The van der Waals surface area contributed by atoms with Crippen molar-refractivity contribution in [1.29, 1.82) is 0 Å². The van der Waals surface area contributed by atoms with Crippen LogP contribution in [0, 0.1) is 0 Å². The Morgan fingerprint density at radius 1 is 1.08 bits per heavy atom. The number of rotatable bonds is 7. The number of hydrogen-bond acceptors (Lipinski definition) is 4. The number of Topliss-reactive ketones (excluding diaryl/α,β-unsaturated/α-hetero) is 1. The molecule has 0 bridgehead atoms. The molecule has 2 aromatic rings. The fraction of sp³-hybridized carbons (Fsp3) is 0.176. The van der Waals surface area contributed by atoms with Crippen molar-refractivity contribution < 1.29 is 18.0 Å². The normalized spacial score (nSPS) is 11.1. The van der Waals surface area contributed by atoms with Gasteiger partial charge in [0.05, 0.1) is 4.90 Å². The second-order valence-corrected chi connectivity index (χ2v) is 7.49. The van der Waals surface area contributed by atoms with Crippen LogP contribution in [0.5, 0.6) is 0 Å². The van der Waals surface area contributed by atoms with Gasteiger partial charge in [0.2, 0.25) is 15.9 Å². The predicted molar refractivity (Wildman–Crippen MR) is 96.3 cm³/mol. The van der Waals surface area contributed by atoms with Crippen molar-refractivity contribution >= 4 is 39.0 Å². The van der Waals surface area contributed by atoms with Gasteiger partial charge in [0, 0.05) is 29.2 Å². The Balaban J connectivity index is 1.93. The highest BCUT2D eigenvalue weighted by Crippen LogP contribution is 2.15. The standard InChI is InChI=1S/C17H17ClN2O4S/c1-12(21)13-4-2-7-16(10-13)25(23,24)19-9-8-17(22)20-15-6-3-5-14(18)11-15/h2-7,10-11,19H,8-9H2,1H3,(H,20,22). The average Bonchev–Trinajstić information content (AvgIpc) is 2.54. The molecule has 2 N–H and O–H groups in total. The fourth-order valence-electron chi connectivity index (χ4n) is 2.05. The highest BCUT2D eigenvalue weighted by atomic mass is 35.5. The van der Waals surface area contributed by atoms with Crippen molar-refractivity contribution in [3.05, 3.63) is 59.1 Å². The van der Waals surface area contributed by atoms with Gasteiger partial charge in [-0.1, -0.05) is 29.8 Å². The van der Waals surface area contributed by atoms with Gasteiger partial charge in [-0.15, -0.1) is 0 Å². The second kappa shape index (κ2) is 8.24. The maximum absolute atomic E-state index is 12.2. The van der Waals surface area contributed by atoms with Crippen LogP contribution in [-0.4, -0.2) is 26.7 Å². The molecular weight excluding hydrogens is 364 g/mol. The van der Waals surface area contributed by atoms with Gasteiger partial charge < -0.3 is 5.32 Å². The molecule has 2 rings (SSSR count). The first-order valence-corrected chi connectivity index (χ1v) is 9.30. The van der Waals surface area contributed by atoms with Crippen molar-refractivity contribution in [2.75, 3.05) is 11.9 Å². The number of carbonyl (C=O) groups is 2. The summed E-state index contributed by atoms with van der Waals surface area (Å²) in [7, 11) is -3.79. The number of anilines is 1. The third-order valence-corrected chi connectivity index (χ3v) is 5.00. The summed E-state index contributed by atoms with van der Waals surface area (Å²) in [5, 5.41) is 3.12. The number of sulfonamides is 1. The van der Waals surface area contributed by atoms with E-state index in [0.717, 1.165) is 0 Å². The van der Waals surface area contributed by atoms with Crippen molar-refractivity contribution in [3.8, 4) is 0 Å². The van der Waals surface area contributed by atoms with E-state index in [1.165, 1.54) is 25.1 Å². The van der Waals surface area contributed by atoms with E-state index in [0.29, 0.717) is 16.3 Å². The largest absolute Gasteiger partial charge is 0.326 e. The van der Waals surface area contributed by atoms with Gasteiger partial charge in [0.15, 0.2) is 5.78 Å². The molecule has 0 unspecified atom stereocenters. The summed E-state index contributed by atoms with van der Waals surface area (Å²) in [5.41, 5.74) is 0.844. The lowest BCUT2D eigenvalue weighted by Gasteiger charge is -2.08. The van der Waals surface area contributed by atoms with E-state index in [9.17, 15) is 18.0 Å². The fourth-order valence-corrected chi connectivity index (χ4v) is 3.32. The Kier molecular flexibility index (Phi) is 6.30. The summed E-state index contributed by atoms with van der Waals surface area (Å²) in [6.07, 6.45) is -0.0435. The van der Waals surface area contributed by atoms with Gasteiger partial charge in [-0.2, -0.15) is 0 Å². The van der Waals surface area contributed by atoms with Crippen LogP contribution in [0.15, 0.2) is 53.4 Å². The van der Waals surface area contributed by atoms with E-state index in [1.54, 1.807) is 30.3 Å². The molecule has 0 fully saturated rings. The van der Waals surface area contributed by atoms with Crippen LogP contribution >= 0.6 is 11.6 Å². The number of halogens is 1. The van der Waals surface area contributed by atoms with E-state index >= 15 is 0 Å². The van der Waals surface area contributed by atoms with Gasteiger partial charge >= 0.3 is 0 Å². The van der Waals surface area contributed by atoms with Gasteiger partial charge in [-0.05, 0) is 37.3 Å². The molecule has 25 heavy (non-hydrogen) atoms. The molecule has 2 aromatic carbocycles. The Labute approximate surface area is 151 Å². The molecule has 0 aliphatic heterocycles. The van der Waals surface area contributed by atoms with Crippen molar-refractivity contribution in [2.45, 2.75) is 18.2 Å².